The van der Waals surface area contributed by atoms with Gasteiger partial charge in [-0.3, -0.25) is 9.69 Å². The molecule has 1 saturated carbocycles. The maximum absolute atomic E-state index is 13.8. The molecular formula is C25H31NO3S. The van der Waals surface area contributed by atoms with E-state index in [1.54, 1.807) is 26.0 Å². The molecule has 160 valence electrons. The van der Waals surface area contributed by atoms with Gasteiger partial charge in [0.2, 0.25) is 5.91 Å². The number of methoxy groups -OCH3 is 2. The largest absolute Gasteiger partial charge is 0.497 e. The number of hydrogen-bond donors (Lipinski definition) is 0. The van der Waals surface area contributed by atoms with Gasteiger partial charge in [0.15, 0.2) is 0 Å². The Hall–Kier alpha value is -2.14. The van der Waals surface area contributed by atoms with E-state index < -0.39 is 0 Å². The Balaban J connectivity index is 1.66. The molecule has 1 aliphatic heterocycles. The zero-order valence-corrected chi connectivity index (χ0v) is 19.1. The normalized spacial score (nSPS) is 21.4. The fourth-order valence-electron chi connectivity index (χ4n) is 4.71. The minimum absolute atomic E-state index is 0.0818. The molecule has 0 bridgehead atoms. The Morgan fingerprint density at radius 3 is 2.00 bits per heavy atom. The highest BCUT2D eigenvalue weighted by molar-refractivity contribution is 7.99. The Morgan fingerprint density at radius 2 is 1.53 bits per heavy atom. The molecule has 1 aliphatic carbocycles. The summed E-state index contributed by atoms with van der Waals surface area (Å²) in [4.78, 5) is 17.8. The summed E-state index contributed by atoms with van der Waals surface area (Å²) in [7, 11) is 3.34. The van der Waals surface area contributed by atoms with Crippen LogP contribution in [0.1, 0.15) is 46.0 Å². The SMILES string of the molecule is CCC(C)C1CCC(C(=O)N2c3ccc(OC)cc3Sc3cc(OC)ccc32)CC1. The lowest BCUT2D eigenvalue weighted by Gasteiger charge is -2.37. The monoisotopic (exact) mass is 425 g/mol. The molecule has 0 radical (unpaired) electrons. The molecule has 0 saturated heterocycles. The Labute approximate surface area is 183 Å². The number of rotatable bonds is 5. The van der Waals surface area contributed by atoms with Crippen molar-refractivity contribution < 1.29 is 14.3 Å². The number of amides is 1. The van der Waals surface area contributed by atoms with E-state index in [1.807, 2.05) is 41.3 Å². The van der Waals surface area contributed by atoms with E-state index in [2.05, 4.69) is 13.8 Å². The summed E-state index contributed by atoms with van der Waals surface area (Å²) in [5.41, 5.74) is 1.90. The van der Waals surface area contributed by atoms with Gasteiger partial charge in [-0.2, -0.15) is 0 Å². The van der Waals surface area contributed by atoms with E-state index in [4.69, 9.17) is 9.47 Å². The van der Waals surface area contributed by atoms with Crippen LogP contribution in [0, 0.1) is 17.8 Å². The topological polar surface area (TPSA) is 38.8 Å². The molecule has 0 spiro atoms. The molecule has 5 heteroatoms. The van der Waals surface area contributed by atoms with Gasteiger partial charge in [0.1, 0.15) is 11.5 Å². The van der Waals surface area contributed by atoms with Gasteiger partial charge in [-0.05, 0) is 73.9 Å². The minimum Gasteiger partial charge on any atom is -0.497 e. The van der Waals surface area contributed by atoms with Crippen molar-refractivity contribution in [3.8, 4) is 11.5 Å². The number of hydrogen-bond acceptors (Lipinski definition) is 4. The molecule has 4 rings (SSSR count). The predicted octanol–water partition coefficient (Wildman–Crippen LogP) is 6.69. The predicted molar refractivity (Wildman–Crippen MR) is 122 cm³/mol. The van der Waals surface area contributed by atoms with E-state index in [1.165, 1.54) is 6.42 Å². The van der Waals surface area contributed by atoms with Gasteiger partial charge in [0.05, 0.1) is 25.6 Å². The summed E-state index contributed by atoms with van der Waals surface area (Å²) in [6, 6.07) is 11.9. The molecule has 1 amide bonds. The fourth-order valence-corrected chi connectivity index (χ4v) is 5.83. The van der Waals surface area contributed by atoms with Crippen molar-refractivity contribution in [3.63, 3.8) is 0 Å². The van der Waals surface area contributed by atoms with E-state index in [0.29, 0.717) is 0 Å². The summed E-state index contributed by atoms with van der Waals surface area (Å²) < 4.78 is 10.9. The average Bonchev–Trinajstić information content (AvgIpc) is 2.80. The highest BCUT2D eigenvalue weighted by Crippen LogP contribution is 2.51. The van der Waals surface area contributed by atoms with Gasteiger partial charge >= 0.3 is 0 Å². The van der Waals surface area contributed by atoms with Gasteiger partial charge in [0.25, 0.3) is 0 Å². The number of fused-ring (bicyclic) bond motifs is 2. The zero-order chi connectivity index (χ0) is 21.3. The van der Waals surface area contributed by atoms with Crippen LogP contribution in [0.4, 0.5) is 11.4 Å². The van der Waals surface area contributed by atoms with Gasteiger partial charge in [-0.25, -0.2) is 0 Å². The number of anilines is 2. The molecule has 1 atom stereocenters. The zero-order valence-electron chi connectivity index (χ0n) is 18.3. The standard InChI is InChI=1S/C25H31NO3S/c1-5-16(2)17-6-8-18(9-7-17)25(27)26-21-12-10-19(28-3)14-23(21)30-24-15-20(29-4)11-13-22(24)26/h10-18H,5-9H2,1-4H3. The van der Waals surface area contributed by atoms with Crippen LogP contribution < -0.4 is 14.4 Å². The number of nitrogens with zero attached hydrogens (tertiary/aromatic N) is 1. The molecular weight excluding hydrogens is 394 g/mol. The van der Waals surface area contributed by atoms with E-state index in [0.717, 1.165) is 70.2 Å². The molecule has 2 aromatic carbocycles. The van der Waals surface area contributed by atoms with Crippen LogP contribution in [-0.4, -0.2) is 20.1 Å². The van der Waals surface area contributed by atoms with Crippen LogP contribution in [0.5, 0.6) is 11.5 Å². The molecule has 30 heavy (non-hydrogen) atoms. The maximum atomic E-state index is 13.8. The third kappa shape index (κ3) is 3.92. The molecule has 1 fully saturated rings. The summed E-state index contributed by atoms with van der Waals surface area (Å²) in [5, 5.41) is 0. The first-order valence-corrected chi connectivity index (χ1v) is 11.7. The molecule has 1 heterocycles. The lowest BCUT2D eigenvalue weighted by Crippen LogP contribution is -2.36. The van der Waals surface area contributed by atoms with Gasteiger partial charge in [-0.15, -0.1) is 0 Å². The summed E-state index contributed by atoms with van der Waals surface area (Å²) in [6.45, 7) is 4.62. The summed E-state index contributed by atoms with van der Waals surface area (Å²) in [6.07, 6.45) is 5.48. The average molecular weight is 426 g/mol. The molecule has 0 N–H and O–H groups in total. The van der Waals surface area contributed by atoms with E-state index in [9.17, 15) is 4.79 Å². The number of carbonyl (C=O) groups excluding carboxylic acids is 1. The van der Waals surface area contributed by atoms with Crippen molar-refractivity contribution in [3.05, 3.63) is 36.4 Å². The summed E-state index contributed by atoms with van der Waals surface area (Å²) in [5.74, 6) is 3.40. The first-order valence-electron chi connectivity index (χ1n) is 10.9. The number of ether oxygens (including phenoxy) is 2. The Bertz CT molecular complexity index is 867. The van der Waals surface area contributed by atoms with Crippen LogP contribution in [0.15, 0.2) is 46.2 Å². The van der Waals surface area contributed by atoms with Crippen LogP contribution in [0.2, 0.25) is 0 Å². The molecule has 0 aromatic heterocycles. The van der Waals surface area contributed by atoms with Gasteiger partial charge in [0, 0.05) is 15.7 Å². The molecule has 1 unspecified atom stereocenters. The second-order valence-corrected chi connectivity index (χ2v) is 9.52. The second-order valence-electron chi connectivity index (χ2n) is 8.44. The smallest absolute Gasteiger partial charge is 0.234 e. The van der Waals surface area contributed by atoms with E-state index in [-0.39, 0.29) is 11.8 Å². The lowest BCUT2D eigenvalue weighted by molar-refractivity contribution is -0.123. The van der Waals surface area contributed by atoms with Crippen LogP contribution >= 0.6 is 11.8 Å². The van der Waals surface area contributed by atoms with Crippen LogP contribution in [0.3, 0.4) is 0 Å². The third-order valence-corrected chi connectivity index (χ3v) is 7.92. The van der Waals surface area contributed by atoms with Gasteiger partial charge in [-0.1, -0.05) is 32.0 Å². The molecule has 2 aliphatic rings. The van der Waals surface area contributed by atoms with Gasteiger partial charge < -0.3 is 9.47 Å². The van der Waals surface area contributed by atoms with Crippen molar-refractivity contribution in [2.45, 2.75) is 55.7 Å². The third-order valence-electron chi connectivity index (χ3n) is 6.83. The number of benzene rings is 2. The summed E-state index contributed by atoms with van der Waals surface area (Å²) >= 11 is 1.66. The number of carbonyl (C=O) groups is 1. The van der Waals surface area contributed by atoms with Crippen molar-refractivity contribution >= 4 is 29.0 Å². The van der Waals surface area contributed by atoms with E-state index >= 15 is 0 Å². The first-order chi connectivity index (χ1) is 14.5. The van der Waals surface area contributed by atoms with Crippen molar-refractivity contribution in [2.75, 3.05) is 19.1 Å². The quantitative estimate of drug-likeness (QED) is 0.535. The lowest BCUT2D eigenvalue weighted by atomic mass is 9.75. The minimum atomic E-state index is 0.0818. The van der Waals surface area contributed by atoms with Crippen molar-refractivity contribution in [2.24, 2.45) is 17.8 Å². The fraction of sp³-hybridized carbons (Fsp3) is 0.480. The Morgan fingerprint density at radius 1 is 1.00 bits per heavy atom. The van der Waals surface area contributed by atoms with Crippen molar-refractivity contribution in [1.82, 2.24) is 0 Å². The molecule has 4 nitrogen and oxygen atoms in total. The highest BCUT2D eigenvalue weighted by Gasteiger charge is 2.35. The van der Waals surface area contributed by atoms with Crippen LogP contribution in [0.25, 0.3) is 0 Å². The van der Waals surface area contributed by atoms with Crippen molar-refractivity contribution in [1.29, 1.82) is 0 Å². The maximum Gasteiger partial charge on any atom is 0.234 e. The molecule has 2 aromatic rings. The highest BCUT2D eigenvalue weighted by atomic mass is 32.2. The van der Waals surface area contributed by atoms with Crippen LogP contribution in [-0.2, 0) is 4.79 Å². The Kier molecular flexibility index (Phi) is 6.28. The first kappa shape index (κ1) is 21.1. The second kappa shape index (κ2) is 8.93.